The van der Waals surface area contributed by atoms with Crippen molar-refractivity contribution in [2.24, 2.45) is 14.1 Å². The van der Waals surface area contributed by atoms with Crippen LogP contribution in [-0.2, 0) is 60.6 Å². The molecule has 5 heterocycles. The highest BCUT2D eigenvalue weighted by atomic mass is 35.5. The first kappa shape index (κ1) is 32.0. The van der Waals surface area contributed by atoms with E-state index in [4.69, 9.17) is 21.4 Å². The van der Waals surface area contributed by atoms with Gasteiger partial charge in [0.2, 0.25) is 0 Å². The number of hydrogen-bond acceptors (Lipinski definition) is 7. The van der Waals surface area contributed by atoms with Gasteiger partial charge in [0.1, 0.15) is 11.4 Å². The second kappa shape index (κ2) is 12.3. The largest absolute Gasteiger partial charge is 0.493 e. The number of halogens is 1. The lowest BCUT2D eigenvalue weighted by atomic mass is 9.97. The molecule has 0 spiro atoms. The summed E-state index contributed by atoms with van der Waals surface area (Å²) in [5, 5.41) is 23.1. The number of aromatic nitrogens is 5. The van der Waals surface area contributed by atoms with Crippen molar-refractivity contribution in [1.82, 2.24) is 24.1 Å². The number of aromatic carboxylic acids is 1. The zero-order chi connectivity index (χ0) is 34.0. The number of carbonyl (C=O) groups is 1. The molecular formula is C36H34ClN5O5S2. The fourth-order valence-electron chi connectivity index (χ4n) is 7.44. The van der Waals surface area contributed by atoms with Crippen LogP contribution in [0.2, 0.25) is 5.02 Å². The quantitative estimate of drug-likeness (QED) is 0.194. The Balaban J connectivity index is 1.30. The highest BCUT2D eigenvalue weighted by molar-refractivity contribution is 7.98. The predicted octanol–water partition coefficient (Wildman–Crippen LogP) is 6.96. The number of carboxylic acid groups (broad SMARTS) is 1. The average molecular weight is 716 g/mol. The number of hydrogen-bond donors (Lipinski definition) is 1. The number of fused-ring (bicyclic) bond motifs is 10. The summed E-state index contributed by atoms with van der Waals surface area (Å²) in [5.74, 6) is -0.224. The second-order valence-corrected chi connectivity index (χ2v) is 16.3. The minimum absolute atomic E-state index is 0.174. The molecule has 10 nitrogen and oxygen atoms in total. The Labute approximate surface area is 292 Å². The molecule has 6 aromatic rings. The van der Waals surface area contributed by atoms with Crippen molar-refractivity contribution in [3.63, 3.8) is 0 Å². The lowest BCUT2D eigenvalue weighted by Gasteiger charge is -2.12. The van der Waals surface area contributed by atoms with Gasteiger partial charge in [-0.05, 0) is 60.9 Å². The maximum absolute atomic E-state index is 13.9. The summed E-state index contributed by atoms with van der Waals surface area (Å²) < 4.78 is 39.4. The molecule has 2 aliphatic heterocycles. The van der Waals surface area contributed by atoms with Crippen molar-refractivity contribution in [3.8, 4) is 16.9 Å². The molecule has 2 aliphatic rings. The Kier molecular flexibility index (Phi) is 8.00. The van der Waals surface area contributed by atoms with E-state index in [1.54, 1.807) is 34.1 Å². The molecule has 1 N–H and O–H groups in total. The summed E-state index contributed by atoms with van der Waals surface area (Å²) in [6.45, 7) is 1.06. The van der Waals surface area contributed by atoms with E-state index in [0.29, 0.717) is 76.8 Å². The van der Waals surface area contributed by atoms with Crippen LogP contribution in [-0.4, -0.2) is 50.2 Å². The summed E-state index contributed by atoms with van der Waals surface area (Å²) in [6.07, 6.45) is 2.63. The van der Waals surface area contributed by atoms with Crippen molar-refractivity contribution < 1.29 is 23.1 Å². The van der Waals surface area contributed by atoms with Gasteiger partial charge in [0.05, 0.1) is 40.0 Å². The van der Waals surface area contributed by atoms with Crippen LogP contribution in [0.25, 0.3) is 32.8 Å². The minimum atomic E-state index is -3.72. The van der Waals surface area contributed by atoms with Gasteiger partial charge in [0.25, 0.3) is 0 Å². The molecule has 13 heteroatoms. The Morgan fingerprint density at radius 3 is 2.65 bits per heavy atom. The minimum Gasteiger partial charge on any atom is -0.493 e. The molecular weight excluding hydrogens is 682 g/mol. The van der Waals surface area contributed by atoms with Gasteiger partial charge in [-0.1, -0.05) is 41.9 Å². The van der Waals surface area contributed by atoms with Crippen molar-refractivity contribution >= 4 is 60.8 Å². The third kappa shape index (κ3) is 5.69. The number of sulfone groups is 1. The smallest absolute Gasteiger partial charge is 0.352 e. The molecule has 3 aromatic heterocycles. The molecule has 0 aliphatic carbocycles. The van der Waals surface area contributed by atoms with Gasteiger partial charge in [-0.15, -0.1) is 11.8 Å². The van der Waals surface area contributed by atoms with Crippen molar-refractivity contribution in [1.29, 1.82) is 0 Å². The summed E-state index contributed by atoms with van der Waals surface area (Å²) >= 11 is 8.62. The lowest BCUT2D eigenvalue weighted by molar-refractivity contribution is 0.0685. The fraction of sp³-hybridized carbons (Fsp3) is 0.306. The molecule has 3 aromatic carbocycles. The SMILES string of the molecule is Cn1nc2cc1CSc1cc(c3ccccc3c1)OCCCc1c(C(=O)O)n(C)c3c(c(Cl)ccc13)-c1c(nn3c1CCC3)CS(=O)(=O)C2. The van der Waals surface area contributed by atoms with Crippen molar-refractivity contribution in [2.75, 3.05) is 6.61 Å². The van der Waals surface area contributed by atoms with Gasteiger partial charge in [0.15, 0.2) is 9.84 Å². The topological polar surface area (TPSA) is 121 Å². The van der Waals surface area contributed by atoms with E-state index in [9.17, 15) is 18.3 Å². The molecule has 0 atom stereocenters. The molecule has 49 heavy (non-hydrogen) atoms. The van der Waals surface area contributed by atoms with Crippen LogP contribution >= 0.6 is 23.4 Å². The summed E-state index contributed by atoms with van der Waals surface area (Å²) in [5.41, 5.74) is 5.52. The maximum atomic E-state index is 13.9. The van der Waals surface area contributed by atoms with Gasteiger partial charge in [-0.2, -0.15) is 10.2 Å². The van der Waals surface area contributed by atoms with E-state index in [1.807, 2.05) is 48.1 Å². The summed E-state index contributed by atoms with van der Waals surface area (Å²) in [6, 6.07) is 17.7. The zero-order valence-corrected chi connectivity index (χ0v) is 29.5. The molecule has 252 valence electrons. The van der Waals surface area contributed by atoms with Crippen LogP contribution in [0.1, 0.15) is 51.7 Å². The molecule has 0 saturated carbocycles. The van der Waals surface area contributed by atoms with E-state index < -0.39 is 15.8 Å². The average Bonchev–Trinajstić information content (AvgIpc) is 3.80. The number of nitrogens with zero attached hydrogens (tertiary/aromatic N) is 5. The number of ether oxygens (including phenoxy) is 1. The first-order chi connectivity index (χ1) is 23.6. The van der Waals surface area contributed by atoms with E-state index in [0.717, 1.165) is 44.6 Å². The van der Waals surface area contributed by atoms with Gasteiger partial charge >= 0.3 is 5.97 Å². The van der Waals surface area contributed by atoms with E-state index in [2.05, 4.69) is 17.2 Å². The van der Waals surface area contributed by atoms with Gasteiger partial charge in [-0.3, -0.25) is 9.36 Å². The summed E-state index contributed by atoms with van der Waals surface area (Å²) in [4.78, 5) is 13.8. The van der Waals surface area contributed by atoms with Gasteiger partial charge in [0, 0.05) is 64.6 Å². The van der Waals surface area contributed by atoms with Crippen LogP contribution in [0, 0.1) is 0 Å². The second-order valence-electron chi connectivity index (χ2n) is 12.8. The summed E-state index contributed by atoms with van der Waals surface area (Å²) in [7, 11) is -0.151. The van der Waals surface area contributed by atoms with Crippen molar-refractivity contribution in [3.05, 3.63) is 93.7 Å². The van der Waals surface area contributed by atoms with Crippen molar-refractivity contribution in [2.45, 2.75) is 54.4 Å². The standard InChI is InChI=1S/C36H34ClN5O5S2/c1-40-34-27-11-12-28(37)32(34)33-29(39-42-13-5-10-30(33)42)20-49(45,46)19-22-16-23(41(2)38-22)18-48-24-15-21-7-3-4-8-25(21)31(17-24)47-14-6-9-26(27)35(40)36(43)44/h3-4,7-8,11-12,15-17H,5-6,9-10,13-14,18-20H2,1-2H3,(H,43,44). The molecule has 0 unspecified atom stereocenters. The molecule has 0 radical (unpaired) electrons. The number of rotatable bonds is 1. The molecule has 0 amide bonds. The monoisotopic (exact) mass is 715 g/mol. The Hall–Kier alpha value is -4.26. The van der Waals surface area contributed by atoms with Crippen LogP contribution in [0.4, 0.5) is 0 Å². The number of benzene rings is 3. The van der Waals surface area contributed by atoms with Crippen LogP contribution in [0.3, 0.4) is 0 Å². The van der Waals surface area contributed by atoms with Crippen LogP contribution in [0.5, 0.6) is 5.75 Å². The third-order valence-corrected chi connectivity index (χ3v) is 12.3. The molecule has 8 bridgehead atoms. The Bertz CT molecular complexity index is 2430. The van der Waals surface area contributed by atoms with E-state index >= 15 is 0 Å². The molecule has 0 saturated heterocycles. The highest BCUT2D eigenvalue weighted by Crippen LogP contribution is 2.44. The Morgan fingerprint density at radius 2 is 1.82 bits per heavy atom. The molecule has 8 rings (SSSR count). The van der Waals surface area contributed by atoms with E-state index in [1.165, 1.54) is 0 Å². The predicted molar refractivity (Wildman–Crippen MR) is 191 cm³/mol. The number of thioether (sulfide) groups is 1. The molecule has 0 fully saturated rings. The third-order valence-electron chi connectivity index (χ3n) is 9.54. The fourth-order valence-corrected chi connectivity index (χ4v) is 9.99. The Morgan fingerprint density at radius 1 is 0.980 bits per heavy atom. The highest BCUT2D eigenvalue weighted by Gasteiger charge is 2.32. The van der Waals surface area contributed by atoms with Gasteiger partial charge < -0.3 is 14.4 Å². The first-order valence-corrected chi connectivity index (χ1v) is 19.4. The number of aryl methyl sites for hydroxylation is 4. The zero-order valence-electron chi connectivity index (χ0n) is 27.1. The van der Waals surface area contributed by atoms with Gasteiger partial charge in [-0.25, -0.2) is 13.2 Å². The normalized spacial score (nSPS) is 16.3. The van der Waals surface area contributed by atoms with Crippen LogP contribution < -0.4 is 4.74 Å². The van der Waals surface area contributed by atoms with Crippen LogP contribution in [0.15, 0.2) is 59.5 Å². The maximum Gasteiger partial charge on any atom is 0.352 e. The first-order valence-electron chi connectivity index (χ1n) is 16.2. The lowest BCUT2D eigenvalue weighted by Crippen LogP contribution is -2.10. The number of carboxylic acids is 1. The van der Waals surface area contributed by atoms with E-state index in [-0.39, 0.29) is 17.2 Å².